The summed E-state index contributed by atoms with van der Waals surface area (Å²) in [6, 6.07) is 3.85. The van der Waals surface area contributed by atoms with E-state index in [-0.39, 0.29) is 16.5 Å². The van der Waals surface area contributed by atoms with Crippen LogP contribution in [0.15, 0.2) is 23.4 Å². The second-order valence-electron chi connectivity index (χ2n) is 6.87. The second-order valence-corrected chi connectivity index (χ2v) is 8.53. The number of hydrogen-bond donors (Lipinski definition) is 2. The number of aromatic nitrogens is 1. The monoisotopic (exact) mass is 311 g/mol. The lowest BCUT2D eigenvalue weighted by molar-refractivity contribution is 0.317. The molecule has 1 aliphatic rings. The van der Waals surface area contributed by atoms with Crippen LogP contribution in [0.25, 0.3) is 0 Å². The van der Waals surface area contributed by atoms with Crippen molar-refractivity contribution in [2.75, 3.05) is 0 Å². The summed E-state index contributed by atoms with van der Waals surface area (Å²) in [5.41, 5.74) is 0.867. The van der Waals surface area contributed by atoms with Gasteiger partial charge in [0.1, 0.15) is 0 Å². The third-order valence-corrected chi connectivity index (χ3v) is 5.33. The number of hydrogen-bond acceptors (Lipinski definition) is 4. The van der Waals surface area contributed by atoms with E-state index in [1.165, 1.54) is 12.8 Å². The van der Waals surface area contributed by atoms with Crippen molar-refractivity contribution in [1.82, 2.24) is 15.0 Å². The highest BCUT2D eigenvalue weighted by Gasteiger charge is 2.26. The molecule has 0 saturated heterocycles. The number of nitrogens with one attached hydrogen (secondary N) is 2. The second kappa shape index (κ2) is 6.02. The molecule has 0 spiro atoms. The topological polar surface area (TPSA) is 71.1 Å². The zero-order valence-electron chi connectivity index (χ0n) is 13.2. The van der Waals surface area contributed by atoms with Crippen LogP contribution in [0.3, 0.4) is 0 Å². The first-order valence-electron chi connectivity index (χ1n) is 7.39. The molecule has 0 radical (unpaired) electrons. The summed E-state index contributed by atoms with van der Waals surface area (Å²) in [4.78, 5) is 4.09. The van der Waals surface area contributed by atoms with Gasteiger partial charge in [0, 0.05) is 24.8 Å². The predicted octanol–water partition coefficient (Wildman–Crippen LogP) is 2.05. The van der Waals surface area contributed by atoms with Crippen molar-refractivity contribution < 1.29 is 8.42 Å². The molecule has 1 unspecified atom stereocenters. The van der Waals surface area contributed by atoms with Crippen LogP contribution in [0.4, 0.5) is 0 Å². The van der Waals surface area contributed by atoms with Crippen LogP contribution < -0.4 is 10.0 Å². The molecule has 0 aliphatic heterocycles. The van der Waals surface area contributed by atoms with E-state index in [0.29, 0.717) is 6.04 Å². The molecule has 21 heavy (non-hydrogen) atoms. The summed E-state index contributed by atoms with van der Waals surface area (Å²) in [5.74, 6) is 0. The number of sulfonamides is 1. The van der Waals surface area contributed by atoms with Crippen molar-refractivity contribution in [1.29, 1.82) is 0 Å². The average molecular weight is 311 g/mol. The maximum atomic E-state index is 12.3. The van der Waals surface area contributed by atoms with Gasteiger partial charge < -0.3 is 5.32 Å². The highest BCUT2D eigenvalue weighted by molar-refractivity contribution is 7.89. The lowest BCUT2D eigenvalue weighted by Gasteiger charge is -2.27. The molecule has 1 aromatic rings. The van der Waals surface area contributed by atoms with Crippen LogP contribution in [0.2, 0.25) is 0 Å². The SMILES string of the molecule is CC(NS(=O)(=O)c1ccc(CNC2CC2)cn1)C(C)(C)C. The Morgan fingerprint density at radius 1 is 1.33 bits per heavy atom. The first kappa shape index (κ1) is 16.4. The van der Waals surface area contributed by atoms with E-state index in [1.807, 2.05) is 33.8 Å². The Labute approximate surface area is 127 Å². The molecule has 1 aliphatic carbocycles. The Kier molecular flexibility index (Phi) is 4.70. The molecule has 6 heteroatoms. The molecule has 1 saturated carbocycles. The van der Waals surface area contributed by atoms with Gasteiger partial charge in [0.25, 0.3) is 10.0 Å². The van der Waals surface area contributed by atoms with Crippen molar-refractivity contribution >= 4 is 10.0 Å². The van der Waals surface area contributed by atoms with Gasteiger partial charge in [-0.05, 0) is 36.8 Å². The van der Waals surface area contributed by atoms with Gasteiger partial charge in [0.15, 0.2) is 5.03 Å². The first-order chi connectivity index (χ1) is 9.68. The van der Waals surface area contributed by atoms with E-state index in [2.05, 4.69) is 15.0 Å². The van der Waals surface area contributed by atoms with Gasteiger partial charge in [-0.25, -0.2) is 18.1 Å². The van der Waals surface area contributed by atoms with Gasteiger partial charge in [0.05, 0.1) is 0 Å². The largest absolute Gasteiger partial charge is 0.310 e. The van der Waals surface area contributed by atoms with Crippen LogP contribution in [-0.4, -0.2) is 25.5 Å². The normalized spacial score (nSPS) is 17.7. The van der Waals surface area contributed by atoms with Gasteiger partial charge in [-0.15, -0.1) is 0 Å². The van der Waals surface area contributed by atoms with Gasteiger partial charge in [-0.3, -0.25) is 0 Å². The van der Waals surface area contributed by atoms with Gasteiger partial charge in [0.2, 0.25) is 0 Å². The van der Waals surface area contributed by atoms with Crippen molar-refractivity contribution in [3.8, 4) is 0 Å². The minimum Gasteiger partial charge on any atom is -0.310 e. The first-order valence-corrected chi connectivity index (χ1v) is 8.87. The zero-order chi connectivity index (χ0) is 15.7. The Hall–Kier alpha value is -0.980. The van der Waals surface area contributed by atoms with Crippen LogP contribution >= 0.6 is 0 Å². The summed E-state index contributed by atoms with van der Waals surface area (Å²) in [5, 5.41) is 3.46. The molecule has 2 rings (SSSR count). The predicted molar refractivity (Wildman–Crippen MR) is 83.3 cm³/mol. The fraction of sp³-hybridized carbons (Fsp3) is 0.667. The van der Waals surface area contributed by atoms with E-state index >= 15 is 0 Å². The quantitative estimate of drug-likeness (QED) is 0.843. The van der Waals surface area contributed by atoms with E-state index in [0.717, 1.165) is 12.1 Å². The molecule has 5 nitrogen and oxygen atoms in total. The standard InChI is InChI=1S/C15H25N3O2S/c1-11(15(2,3)4)18-21(19,20)14-8-5-12(10-17-14)9-16-13-6-7-13/h5,8,10-11,13,16,18H,6-7,9H2,1-4H3. The van der Waals surface area contributed by atoms with Gasteiger partial charge >= 0.3 is 0 Å². The van der Waals surface area contributed by atoms with Crippen molar-refractivity contribution in [3.05, 3.63) is 23.9 Å². The van der Waals surface area contributed by atoms with Crippen molar-refractivity contribution in [2.45, 2.75) is 64.2 Å². The maximum Gasteiger partial charge on any atom is 0.258 e. The fourth-order valence-corrected chi connectivity index (χ4v) is 3.07. The lowest BCUT2D eigenvalue weighted by Crippen LogP contribution is -2.41. The molecule has 118 valence electrons. The highest BCUT2D eigenvalue weighted by atomic mass is 32.2. The highest BCUT2D eigenvalue weighted by Crippen LogP contribution is 2.21. The number of nitrogens with zero attached hydrogens (tertiary/aromatic N) is 1. The summed E-state index contributed by atoms with van der Waals surface area (Å²) in [7, 11) is -3.56. The maximum absolute atomic E-state index is 12.3. The van der Waals surface area contributed by atoms with E-state index < -0.39 is 10.0 Å². The molecular weight excluding hydrogens is 286 g/mol. The molecular formula is C15H25N3O2S. The molecule has 2 N–H and O–H groups in total. The van der Waals surface area contributed by atoms with Crippen LogP contribution in [0, 0.1) is 5.41 Å². The van der Waals surface area contributed by atoms with E-state index in [1.54, 1.807) is 12.3 Å². The van der Waals surface area contributed by atoms with Crippen molar-refractivity contribution in [2.24, 2.45) is 5.41 Å². The molecule has 1 fully saturated rings. The Morgan fingerprint density at radius 3 is 2.48 bits per heavy atom. The molecule has 1 aromatic heterocycles. The van der Waals surface area contributed by atoms with Crippen LogP contribution in [0.1, 0.15) is 46.1 Å². The minimum absolute atomic E-state index is 0.0776. The molecule has 0 aromatic carbocycles. The smallest absolute Gasteiger partial charge is 0.258 e. The van der Waals surface area contributed by atoms with E-state index in [4.69, 9.17) is 0 Å². The number of pyridine rings is 1. The van der Waals surface area contributed by atoms with Crippen molar-refractivity contribution in [3.63, 3.8) is 0 Å². The summed E-state index contributed by atoms with van der Waals surface area (Å²) in [6.45, 7) is 8.61. The molecule has 1 heterocycles. The zero-order valence-corrected chi connectivity index (χ0v) is 14.0. The molecule has 1 atom stereocenters. The molecule has 0 amide bonds. The third-order valence-electron chi connectivity index (χ3n) is 3.88. The van der Waals surface area contributed by atoms with E-state index in [9.17, 15) is 8.42 Å². The Bertz CT molecular complexity index is 572. The number of rotatable bonds is 6. The summed E-state index contributed by atoms with van der Waals surface area (Å²) < 4.78 is 27.3. The lowest BCUT2D eigenvalue weighted by atomic mass is 9.89. The van der Waals surface area contributed by atoms with Crippen LogP contribution in [0.5, 0.6) is 0 Å². The summed E-state index contributed by atoms with van der Waals surface area (Å²) >= 11 is 0. The fourth-order valence-electron chi connectivity index (χ4n) is 1.69. The molecule has 0 bridgehead atoms. The Balaban J connectivity index is 2.02. The van der Waals surface area contributed by atoms with Gasteiger partial charge in [-0.1, -0.05) is 26.8 Å². The van der Waals surface area contributed by atoms with Gasteiger partial charge in [-0.2, -0.15) is 0 Å². The minimum atomic E-state index is -3.56. The summed E-state index contributed by atoms with van der Waals surface area (Å²) in [6.07, 6.45) is 4.09. The average Bonchev–Trinajstić information content (AvgIpc) is 3.19. The van der Waals surface area contributed by atoms with Crippen LogP contribution in [-0.2, 0) is 16.6 Å². The Morgan fingerprint density at radius 2 is 2.00 bits per heavy atom. The third kappa shape index (κ3) is 4.76.